The standard InChI is InChI=1S/C20H17N3O3S/c24-18(21-11-12-5-4-10-26-12)14-7-3-9-23-17(14)22-19-16(20(23)25)13-6-1-2-8-15(13)27-19/h3-5,7,9-10H,1-2,6,8,11H2,(H,21,24). The Kier molecular flexibility index (Phi) is 3.82. The van der Waals surface area contributed by atoms with E-state index in [0.717, 1.165) is 41.5 Å². The van der Waals surface area contributed by atoms with E-state index in [9.17, 15) is 9.59 Å². The molecule has 0 atom stereocenters. The van der Waals surface area contributed by atoms with E-state index in [-0.39, 0.29) is 18.0 Å². The molecule has 1 aliphatic carbocycles. The number of hydrogen-bond acceptors (Lipinski definition) is 5. The summed E-state index contributed by atoms with van der Waals surface area (Å²) in [5.41, 5.74) is 1.84. The number of hydrogen-bond donors (Lipinski definition) is 1. The number of thiophene rings is 1. The molecule has 0 bridgehead atoms. The predicted octanol–water partition coefficient (Wildman–Crippen LogP) is 3.31. The average molecular weight is 379 g/mol. The summed E-state index contributed by atoms with van der Waals surface area (Å²) < 4.78 is 6.74. The number of carbonyl (C=O) groups excluding carboxylic acids is 1. The molecule has 4 aromatic rings. The van der Waals surface area contributed by atoms with Gasteiger partial charge < -0.3 is 9.73 Å². The topological polar surface area (TPSA) is 76.6 Å². The Morgan fingerprint density at radius 2 is 2.15 bits per heavy atom. The first-order valence-electron chi connectivity index (χ1n) is 8.98. The Hall–Kier alpha value is -2.93. The summed E-state index contributed by atoms with van der Waals surface area (Å²) in [6.07, 6.45) is 7.45. The van der Waals surface area contributed by atoms with Gasteiger partial charge in [0, 0.05) is 11.1 Å². The average Bonchev–Trinajstić information content (AvgIpc) is 3.33. The van der Waals surface area contributed by atoms with Gasteiger partial charge in [-0.25, -0.2) is 4.98 Å². The summed E-state index contributed by atoms with van der Waals surface area (Å²) in [4.78, 5) is 32.5. The Balaban J connectivity index is 1.62. The molecule has 4 heterocycles. The minimum absolute atomic E-state index is 0.0879. The molecule has 1 N–H and O–H groups in total. The van der Waals surface area contributed by atoms with Gasteiger partial charge in [-0.1, -0.05) is 0 Å². The second kappa shape index (κ2) is 6.35. The number of fused-ring (bicyclic) bond motifs is 4. The number of aromatic nitrogens is 2. The highest BCUT2D eigenvalue weighted by Crippen LogP contribution is 2.34. The van der Waals surface area contributed by atoms with Crippen LogP contribution in [-0.2, 0) is 19.4 Å². The van der Waals surface area contributed by atoms with Crippen molar-refractivity contribution in [3.05, 3.63) is 68.8 Å². The first kappa shape index (κ1) is 16.3. The van der Waals surface area contributed by atoms with Gasteiger partial charge in [-0.3, -0.25) is 14.0 Å². The number of carbonyl (C=O) groups is 1. The van der Waals surface area contributed by atoms with Crippen LogP contribution in [0.2, 0.25) is 0 Å². The highest BCUT2D eigenvalue weighted by Gasteiger charge is 2.22. The molecule has 0 aliphatic heterocycles. The maximum atomic E-state index is 13.1. The van der Waals surface area contributed by atoms with Gasteiger partial charge in [0.05, 0.1) is 23.8 Å². The van der Waals surface area contributed by atoms with Crippen LogP contribution < -0.4 is 10.9 Å². The highest BCUT2D eigenvalue weighted by atomic mass is 32.1. The van der Waals surface area contributed by atoms with Gasteiger partial charge in [0.25, 0.3) is 11.5 Å². The van der Waals surface area contributed by atoms with Gasteiger partial charge in [0.15, 0.2) is 5.65 Å². The Morgan fingerprint density at radius 1 is 1.26 bits per heavy atom. The normalized spacial score (nSPS) is 13.8. The van der Waals surface area contributed by atoms with Crippen LogP contribution in [0.1, 0.15) is 39.4 Å². The van der Waals surface area contributed by atoms with E-state index in [1.807, 2.05) is 0 Å². The van der Waals surface area contributed by atoms with Crippen molar-refractivity contribution in [2.45, 2.75) is 32.2 Å². The van der Waals surface area contributed by atoms with Gasteiger partial charge >= 0.3 is 0 Å². The van der Waals surface area contributed by atoms with Crippen LogP contribution in [0.3, 0.4) is 0 Å². The zero-order valence-corrected chi connectivity index (χ0v) is 15.3. The molecule has 6 nitrogen and oxygen atoms in total. The molecular formula is C20H17N3O3S. The highest BCUT2D eigenvalue weighted by molar-refractivity contribution is 7.18. The lowest BCUT2D eigenvalue weighted by Crippen LogP contribution is -2.25. The summed E-state index contributed by atoms with van der Waals surface area (Å²) in [5.74, 6) is 0.388. The van der Waals surface area contributed by atoms with Crippen molar-refractivity contribution in [2.24, 2.45) is 0 Å². The van der Waals surface area contributed by atoms with Crippen LogP contribution in [0.25, 0.3) is 15.9 Å². The van der Waals surface area contributed by atoms with Gasteiger partial charge in [0.1, 0.15) is 10.6 Å². The van der Waals surface area contributed by atoms with Crippen molar-refractivity contribution in [3.63, 3.8) is 0 Å². The summed E-state index contributed by atoms with van der Waals surface area (Å²) >= 11 is 1.59. The molecule has 0 saturated heterocycles. The van der Waals surface area contributed by atoms with Gasteiger partial charge in [-0.15, -0.1) is 11.3 Å². The third kappa shape index (κ3) is 2.66. The number of pyridine rings is 1. The summed E-state index contributed by atoms with van der Waals surface area (Å²) in [7, 11) is 0. The fourth-order valence-corrected chi connectivity index (χ4v) is 4.95. The SMILES string of the molecule is O=C(NCc1ccco1)c1cccn2c(=O)c3c4c(sc3nc12)CCCC4. The van der Waals surface area contributed by atoms with Crippen molar-refractivity contribution in [1.82, 2.24) is 14.7 Å². The zero-order valence-electron chi connectivity index (χ0n) is 14.5. The summed E-state index contributed by atoms with van der Waals surface area (Å²) in [6.45, 7) is 0.284. The van der Waals surface area contributed by atoms with E-state index in [1.54, 1.807) is 48.1 Å². The van der Waals surface area contributed by atoms with E-state index in [0.29, 0.717) is 17.0 Å². The van der Waals surface area contributed by atoms with Crippen LogP contribution in [-0.4, -0.2) is 15.3 Å². The zero-order chi connectivity index (χ0) is 18.4. The smallest absolute Gasteiger partial charge is 0.266 e. The monoisotopic (exact) mass is 379 g/mol. The van der Waals surface area contributed by atoms with Gasteiger partial charge in [-0.2, -0.15) is 0 Å². The first-order chi connectivity index (χ1) is 13.2. The van der Waals surface area contributed by atoms with E-state index in [2.05, 4.69) is 5.32 Å². The lowest BCUT2D eigenvalue weighted by atomic mass is 9.97. The lowest BCUT2D eigenvalue weighted by Gasteiger charge is -2.10. The van der Waals surface area contributed by atoms with Crippen molar-refractivity contribution < 1.29 is 9.21 Å². The fourth-order valence-electron chi connectivity index (χ4n) is 3.70. The Bertz CT molecular complexity index is 1220. The maximum absolute atomic E-state index is 13.1. The molecule has 7 heteroatoms. The number of amides is 1. The van der Waals surface area contributed by atoms with Crippen LogP contribution in [0.5, 0.6) is 0 Å². The summed E-state index contributed by atoms with van der Waals surface area (Å²) in [6, 6.07) is 6.97. The molecule has 0 fully saturated rings. The molecule has 4 aromatic heterocycles. The van der Waals surface area contributed by atoms with Crippen LogP contribution in [0.15, 0.2) is 45.9 Å². The Labute approximate surface area is 158 Å². The summed E-state index contributed by atoms with van der Waals surface area (Å²) in [5, 5.41) is 3.55. The molecule has 1 aliphatic rings. The molecule has 0 unspecified atom stereocenters. The van der Waals surface area contributed by atoms with E-state index >= 15 is 0 Å². The quantitative estimate of drug-likeness (QED) is 0.592. The molecular weight excluding hydrogens is 362 g/mol. The number of furan rings is 1. The van der Waals surface area contributed by atoms with Crippen molar-refractivity contribution in [1.29, 1.82) is 0 Å². The van der Waals surface area contributed by atoms with Crippen molar-refractivity contribution >= 4 is 33.1 Å². The molecule has 5 rings (SSSR count). The van der Waals surface area contributed by atoms with E-state index in [1.165, 1.54) is 9.28 Å². The van der Waals surface area contributed by atoms with Crippen molar-refractivity contribution in [2.75, 3.05) is 0 Å². The predicted molar refractivity (Wildman–Crippen MR) is 103 cm³/mol. The third-order valence-corrected chi connectivity index (χ3v) is 6.19. The van der Waals surface area contributed by atoms with E-state index in [4.69, 9.17) is 9.40 Å². The maximum Gasteiger partial charge on any atom is 0.266 e. The van der Waals surface area contributed by atoms with Crippen molar-refractivity contribution in [3.8, 4) is 0 Å². The number of rotatable bonds is 3. The number of nitrogens with one attached hydrogen (secondary N) is 1. The molecule has 1 amide bonds. The van der Waals surface area contributed by atoms with Gasteiger partial charge in [0.2, 0.25) is 0 Å². The first-order valence-corrected chi connectivity index (χ1v) is 9.80. The number of aryl methyl sites for hydroxylation is 2. The molecule has 136 valence electrons. The largest absolute Gasteiger partial charge is 0.467 e. The second-order valence-corrected chi connectivity index (χ2v) is 7.77. The lowest BCUT2D eigenvalue weighted by molar-refractivity contribution is 0.0949. The van der Waals surface area contributed by atoms with E-state index < -0.39 is 0 Å². The van der Waals surface area contributed by atoms with Crippen LogP contribution in [0.4, 0.5) is 0 Å². The minimum atomic E-state index is -0.280. The van der Waals surface area contributed by atoms with Gasteiger partial charge in [-0.05, 0) is 55.5 Å². The molecule has 0 radical (unpaired) electrons. The minimum Gasteiger partial charge on any atom is -0.467 e. The molecule has 0 saturated carbocycles. The molecule has 0 spiro atoms. The van der Waals surface area contributed by atoms with Crippen LogP contribution >= 0.6 is 11.3 Å². The van der Waals surface area contributed by atoms with Crippen LogP contribution in [0, 0.1) is 0 Å². The third-order valence-electron chi connectivity index (χ3n) is 5.01. The Morgan fingerprint density at radius 3 is 3.00 bits per heavy atom. The second-order valence-electron chi connectivity index (χ2n) is 6.69. The number of nitrogens with zero attached hydrogens (tertiary/aromatic N) is 2. The fraction of sp³-hybridized carbons (Fsp3) is 0.250. The molecule has 27 heavy (non-hydrogen) atoms. The molecule has 0 aromatic carbocycles.